The summed E-state index contributed by atoms with van der Waals surface area (Å²) in [5.41, 5.74) is 0. The van der Waals surface area contributed by atoms with E-state index in [1.54, 1.807) is 23.9 Å². The number of nitrogens with zero attached hydrogens (tertiary/aromatic N) is 2. The molecule has 1 aromatic rings. The van der Waals surface area contributed by atoms with E-state index in [-0.39, 0.29) is 23.3 Å². The highest BCUT2D eigenvalue weighted by Crippen LogP contribution is 2.43. The molecule has 2 aliphatic rings. The Balaban J connectivity index is 1.55. The molecule has 7 heteroatoms. The molecule has 1 aromatic heterocycles. The molecule has 1 fully saturated rings. The Bertz CT molecular complexity index is 693. The lowest BCUT2D eigenvalue weighted by atomic mass is 9.93. The summed E-state index contributed by atoms with van der Waals surface area (Å²) in [7, 11) is -3.01. The van der Waals surface area contributed by atoms with Crippen LogP contribution in [0.2, 0.25) is 0 Å². The molecule has 2 aliphatic carbocycles. The van der Waals surface area contributed by atoms with Crippen LogP contribution in [0.4, 0.5) is 5.82 Å². The molecule has 0 unspecified atom stereocenters. The van der Waals surface area contributed by atoms with E-state index in [2.05, 4.69) is 22.6 Å². The van der Waals surface area contributed by atoms with Gasteiger partial charge in [-0.05, 0) is 24.7 Å². The fraction of sp³-hybridized carbons (Fsp3) is 0.600. The minimum absolute atomic E-state index is 0.0169. The Kier molecular flexibility index (Phi) is 4.08. The van der Waals surface area contributed by atoms with Crippen molar-refractivity contribution in [3.63, 3.8) is 0 Å². The molecule has 1 saturated carbocycles. The van der Waals surface area contributed by atoms with Crippen LogP contribution in [0.25, 0.3) is 0 Å². The highest BCUT2D eigenvalue weighted by molar-refractivity contribution is 7.91. The summed E-state index contributed by atoms with van der Waals surface area (Å²) in [5.74, 6) is 1.67. The summed E-state index contributed by atoms with van der Waals surface area (Å²) in [6.07, 6.45) is 8.05. The Hall–Kier alpha value is -1.63. The van der Waals surface area contributed by atoms with Gasteiger partial charge in [0.25, 0.3) is 0 Å². The number of anilines is 1. The molecule has 3 atom stereocenters. The average molecular weight is 323 g/mol. The van der Waals surface area contributed by atoms with Crippen molar-refractivity contribution < 1.29 is 13.2 Å². The highest BCUT2D eigenvalue weighted by atomic mass is 32.2. The van der Waals surface area contributed by atoms with Crippen LogP contribution < -0.4 is 5.32 Å². The Morgan fingerprint density at radius 2 is 2.23 bits per heavy atom. The fourth-order valence-electron chi connectivity index (χ4n) is 3.23. The summed E-state index contributed by atoms with van der Waals surface area (Å²) in [6.45, 7) is 1.94. The molecule has 0 spiro atoms. The third-order valence-electron chi connectivity index (χ3n) is 4.58. The summed E-state index contributed by atoms with van der Waals surface area (Å²) in [5, 5.41) is 7.07. The third kappa shape index (κ3) is 3.24. The first-order valence-corrected chi connectivity index (χ1v) is 9.52. The van der Waals surface area contributed by atoms with E-state index < -0.39 is 9.84 Å². The first-order valence-electron chi connectivity index (χ1n) is 7.70. The monoisotopic (exact) mass is 323 g/mol. The zero-order valence-corrected chi connectivity index (χ0v) is 13.4. The van der Waals surface area contributed by atoms with Crippen molar-refractivity contribution in [2.24, 2.45) is 17.8 Å². The smallest absolute Gasteiger partial charge is 0.229 e. The van der Waals surface area contributed by atoms with Gasteiger partial charge in [-0.1, -0.05) is 19.1 Å². The number of aryl methyl sites for hydroxylation is 1. The fourth-order valence-corrected chi connectivity index (χ4v) is 3.98. The van der Waals surface area contributed by atoms with Crippen LogP contribution >= 0.6 is 0 Å². The zero-order valence-electron chi connectivity index (χ0n) is 12.6. The molecule has 22 heavy (non-hydrogen) atoms. The van der Waals surface area contributed by atoms with Gasteiger partial charge in [-0.15, -0.1) is 0 Å². The number of nitrogens with one attached hydrogen (secondary N) is 1. The van der Waals surface area contributed by atoms with E-state index in [1.165, 1.54) is 0 Å². The summed E-state index contributed by atoms with van der Waals surface area (Å²) < 4.78 is 24.5. The maximum atomic E-state index is 12.3. The number of carbonyl (C=O) groups excluding carboxylic acids is 1. The van der Waals surface area contributed by atoms with Gasteiger partial charge in [-0.2, -0.15) is 5.10 Å². The van der Waals surface area contributed by atoms with Crippen LogP contribution in [0.1, 0.15) is 19.8 Å². The van der Waals surface area contributed by atoms with Crippen LogP contribution in [0.5, 0.6) is 0 Å². The molecular weight excluding hydrogens is 302 g/mol. The molecule has 120 valence electrons. The third-order valence-corrected chi connectivity index (χ3v) is 6.26. The van der Waals surface area contributed by atoms with Crippen molar-refractivity contribution >= 4 is 21.6 Å². The van der Waals surface area contributed by atoms with Crippen LogP contribution in [0.3, 0.4) is 0 Å². The molecular formula is C15H21N3O3S. The van der Waals surface area contributed by atoms with E-state index in [4.69, 9.17) is 0 Å². The van der Waals surface area contributed by atoms with Crippen molar-refractivity contribution in [3.8, 4) is 0 Å². The SMILES string of the molecule is CCS(=O)(=O)CCn1ccc(NC(=O)[C@@H]2C[C@H]3C=C[C@H]2C3)n1. The largest absolute Gasteiger partial charge is 0.309 e. The van der Waals surface area contributed by atoms with Crippen LogP contribution in [-0.4, -0.2) is 35.6 Å². The summed E-state index contributed by atoms with van der Waals surface area (Å²) in [4.78, 5) is 12.3. The first kappa shape index (κ1) is 15.3. The lowest BCUT2D eigenvalue weighted by Gasteiger charge is -2.16. The summed E-state index contributed by atoms with van der Waals surface area (Å²) in [6, 6.07) is 1.71. The molecule has 0 aliphatic heterocycles. The van der Waals surface area contributed by atoms with Gasteiger partial charge in [0.15, 0.2) is 15.7 Å². The minimum atomic E-state index is -3.01. The molecule has 0 aromatic carbocycles. The van der Waals surface area contributed by atoms with E-state index >= 15 is 0 Å². The predicted molar refractivity (Wildman–Crippen MR) is 84.0 cm³/mol. The number of amides is 1. The lowest BCUT2D eigenvalue weighted by molar-refractivity contribution is -0.120. The first-order chi connectivity index (χ1) is 10.5. The van der Waals surface area contributed by atoms with E-state index in [0.717, 1.165) is 12.8 Å². The van der Waals surface area contributed by atoms with Gasteiger partial charge < -0.3 is 5.32 Å². The van der Waals surface area contributed by atoms with Crippen molar-refractivity contribution in [3.05, 3.63) is 24.4 Å². The van der Waals surface area contributed by atoms with Crippen LogP contribution in [-0.2, 0) is 21.2 Å². The maximum absolute atomic E-state index is 12.3. The van der Waals surface area contributed by atoms with E-state index in [9.17, 15) is 13.2 Å². The number of carbonyl (C=O) groups is 1. The Morgan fingerprint density at radius 3 is 2.86 bits per heavy atom. The van der Waals surface area contributed by atoms with Gasteiger partial charge in [0.1, 0.15) is 0 Å². The van der Waals surface area contributed by atoms with Crippen molar-refractivity contribution in [1.29, 1.82) is 0 Å². The minimum Gasteiger partial charge on any atom is -0.309 e. The van der Waals surface area contributed by atoms with Crippen molar-refractivity contribution in [1.82, 2.24) is 9.78 Å². The number of fused-ring (bicyclic) bond motifs is 2. The summed E-state index contributed by atoms with van der Waals surface area (Å²) >= 11 is 0. The number of hydrogen-bond acceptors (Lipinski definition) is 4. The Morgan fingerprint density at radius 1 is 1.41 bits per heavy atom. The standard InChI is InChI=1S/C15H21N3O3S/c1-2-22(20,21)8-7-18-6-5-14(17-18)16-15(19)13-10-11-3-4-12(13)9-11/h3-6,11-13H,2,7-10H2,1H3,(H,16,17,19)/t11-,12-,13+/m0/s1. The number of aromatic nitrogens is 2. The van der Waals surface area contributed by atoms with Gasteiger partial charge in [-0.3, -0.25) is 9.48 Å². The molecule has 1 heterocycles. The second kappa shape index (κ2) is 5.87. The molecule has 0 radical (unpaired) electrons. The van der Waals surface area contributed by atoms with Gasteiger partial charge >= 0.3 is 0 Å². The van der Waals surface area contributed by atoms with Crippen LogP contribution in [0, 0.1) is 17.8 Å². The topological polar surface area (TPSA) is 81.1 Å². The van der Waals surface area contributed by atoms with Crippen molar-refractivity contribution in [2.45, 2.75) is 26.3 Å². The quantitative estimate of drug-likeness (QED) is 0.804. The zero-order chi connectivity index (χ0) is 15.7. The number of sulfone groups is 1. The van der Waals surface area contributed by atoms with E-state index in [1.807, 2.05) is 0 Å². The van der Waals surface area contributed by atoms with E-state index in [0.29, 0.717) is 24.2 Å². The average Bonchev–Trinajstić information content (AvgIpc) is 3.21. The normalized spacial score (nSPS) is 26.5. The maximum Gasteiger partial charge on any atom is 0.229 e. The second-order valence-electron chi connectivity index (χ2n) is 6.08. The van der Waals surface area contributed by atoms with Crippen LogP contribution in [0.15, 0.2) is 24.4 Å². The predicted octanol–water partition coefficient (Wildman–Crippen LogP) is 1.47. The molecule has 6 nitrogen and oxygen atoms in total. The molecule has 1 N–H and O–H groups in total. The van der Waals surface area contributed by atoms with Crippen molar-refractivity contribution in [2.75, 3.05) is 16.8 Å². The molecule has 2 bridgehead atoms. The molecule has 3 rings (SSSR count). The highest BCUT2D eigenvalue weighted by Gasteiger charge is 2.39. The van der Waals surface area contributed by atoms with Gasteiger partial charge in [0.2, 0.25) is 5.91 Å². The Labute approximate surface area is 130 Å². The van der Waals surface area contributed by atoms with Gasteiger partial charge in [0, 0.05) is 23.9 Å². The number of rotatable bonds is 6. The van der Waals surface area contributed by atoms with Gasteiger partial charge in [0.05, 0.1) is 12.3 Å². The lowest BCUT2D eigenvalue weighted by Crippen LogP contribution is -2.26. The van der Waals surface area contributed by atoms with Gasteiger partial charge in [-0.25, -0.2) is 8.42 Å². The number of allylic oxidation sites excluding steroid dienone is 2. The number of hydrogen-bond donors (Lipinski definition) is 1. The second-order valence-corrected chi connectivity index (χ2v) is 8.55. The molecule has 1 amide bonds. The molecule has 0 saturated heterocycles.